The van der Waals surface area contributed by atoms with Crippen molar-refractivity contribution in [2.24, 2.45) is 0 Å². The molecule has 98 valence electrons. The van der Waals surface area contributed by atoms with Crippen molar-refractivity contribution in [3.8, 4) is 0 Å². The van der Waals surface area contributed by atoms with Crippen molar-refractivity contribution in [2.75, 3.05) is 0 Å². The highest BCUT2D eigenvalue weighted by Gasteiger charge is 2.10. The number of H-pyrrole nitrogens is 1. The molecule has 0 saturated heterocycles. The molecule has 0 aliphatic carbocycles. The van der Waals surface area contributed by atoms with E-state index < -0.39 is 0 Å². The molecule has 1 N–H and O–H groups in total. The van der Waals surface area contributed by atoms with Crippen LogP contribution < -0.4 is 0 Å². The maximum absolute atomic E-state index is 3.61. The Bertz CT molecular complexity index is 706. The summed E-state index contributed by atoms with van der Waals surface area (Å²) in [5.74, 6) is 0. The van der Waals surface area contributed by atoms with Crippen molar-refractivity contribution in [2.45, 2.75) is 39.5 Å². The van der Waals surface area contributed by atoms with Gasteiger partial charge in [0.1, 0.15) is 0 Å². The molecular weight excluding hydrogens is 230 g/mol. The van der Waals surface area contributed by atoms with Gasteiger partial charge in [-0.2, -0.15) is 0 Å². The van der Waals surface area contributed by atoms with Gasteiger partial charge in [-0.25, -0.2) is 0 Å². The largest absolute Gasteiger partial charge is 0.354 e. The normalized spacial score (nSPS) is 11.5. The first-order valence-corrected chi connectivity index (χ1v) is 7.36. The van der Waals surface area contributed by atoms with Crippen LogP contribution in [0.4, 0.5) is 0 Å². The molecule has 0 unspecified atom stereocenters. The van der Waals surface area contributed by atoms with E-state index >= 15 is 0 Å². The summed E-state index contributed by atoms with van der Waals surface area (Å²) in [7, 11) is 0. The SMILES string of the molecule is CCCCc1ccc2c([nH]c3ccccc32)c1CC. The number of aromatic amines is 1. The second-order valence-corrected chi connectivity index (χ2v) is 5.25. The summed E-state index contributed by atoms with van der Waals surface area (Å²) in [5, 5.41) is 2.71. The van der Waals surface area contributed by atoms with Gasteiger partial charge in [0.15, 0.2) is 0 Å². The molecule has 1 heteroatoms. The van der Waals surface area contributed by atoms with Crippen LogP contribution in [0.5, 0.6) is 0 Å². The first-order valence-electron chi connectivity index (χ1n) is 7.36. The van der Waals surface area contributed by atoms with Gasteiger partial charge in [0.05, 0.1) is 0 Å². The van der Waals surface area contributed by atoms with E-state index in [2.05, 4.69) is 55.2 Å². The summed E-state index contributed by atoms with van der Waals surface area (Å²) in [5.41, 5.74) is 5.61. The van der Waals surface area contributed by atoms with Crippen LogP contribution in [0.2, 0.25) is 0 Å². The van der Waals surface area contributed by atoms with Gasteiger partial charge < -0.3 is 4.98 Å². The maximum Gasteiger partial charge on any atom is 0.0500 e. The molecule has 1 nitrogen and oxygen atoms in total. The molecule has 3 rings (SSSR count). The van der Waals surface area contributed by atoms with Crippen LogP contribution in [-0.4, -0.2) is 4.98 Å². The van der Waals surface area contributed by atoms with Gasteiger partial charge in [-0.1, -0.05) is 50.6 Å². The van der Waals surface area contributed by atoms with E-state index in [9.17, 15) is 0 Å². The Balaban J connectivity index is 2.24. The average Bonchev–Trinajstić information content (AvgIpc) is 2.83. The maximum atomic E-state index is 3.61. The summed E-state index contributed by atoms with van der Waals surface area (Å²) in [6.07, 6.45) is 4.83. The van der Waals surface area contributed by atoms with Crippen molar-refractivity contribution in [1.29, 1.82) is 0 Å². The molecule has 0 amide bonds. The third-order valence-corrected chi connectivity index (χ3v) is 4.04. The number of hydrogen-bond acceptors (Lipinski definition) is 0. The summed E-state index contributed by atoms with van der Waals surface area (Å²) < 4.78 is 0. The number of aromatic nitrogens is 1. The zero-order valence-electron chi connectivity index (χ0n) is 11.8. The van der Waals surface area contributed by atoms with Crippen LogP contribution >= 0.6 is 0 Å². The van der Waals surface area contributed by atoms with Gasteiger partial charge in [-0.3, -0.25) is 0 Å². The molecule has 0 aliphatic heterocycles. The topological polar surface area (TPSA) is 15.8 Å². The van der Waals surface area contributed by atoms with Gasteiger partial charge >= 0.3 is 0 Å². The summed E-state index contributed by atoms with van der Waals surface area (Å²) in [4.78, 5) is 3.61. The molecular formula is C18H21N. The Morgan fingerprint density at radius 1 is 0.947 bits per heavy atom. The monoisotopic (exact) mass is 251 g/mol. The zero-order chi connectivity index (χ0) is 13.2. The zero-order valence-corrected chi connectivity index (χ0v) is 11.8. The molecule has 2 aromatic carbocycles. The van der Waals surface area contributed by atoms with E-state index in [4.69, 9.17) is 0 Å². The van der Waals surface area contributed by atoms with Crippen molar-refractivity contribution in [3.05, 3.63) is 47.5 Å². The highest BCUT2D eigenvalue weighted by atomic mass is 14.7. The third kappa shape index (κ3) is 2.03. The number of aryl methyl sites for hydroxylation is 2. The van der Waals surface area contributed by atoms with Crippen LogP contribution in [-0.2, 0) is 12.8 Å². The van der Waals surface area contributed by atoms with Crippen LogP contribution in [0.3, 0.4) is 0 Å². The van der Waals surface area contributed by atoms with Gasteiger partial charge in [0.25, 0.3) is 0 Å². The fourth-order valence-electron chi connectivity index (χ4n) is 3.03. The van der Waals surface area contributed by atoms with Crippen molar-refractivity contribution >= 4 is 21.8 Å². The van der Waals surface area contributed by atoms with Crippen molar-refractivity contribution in [3.63, 3.8) is 0 Å². The molecule has 0 bridgehead atoms. The Labute approximate surface area is 114 Å². The fourth-order valence-corrected chi connectivity index (χ4v) is 3.03. The van der Waals surface area contributed by atoms with Crippen molar-refractivity contribution in [1.82, 2.24) is 4.98 Å². The smallest absolute Gasteiger partial charge is 0.0500 e. The highest BCUT2D eigenvalue weighted by Crippen LogP contribution is 2.30. The first kappa shape index (κ1) is 12.3. The molecule has 1 heterocycles. The van der Waals surface area contributed by atoms with Gasteiger partial charge in [0.2, 0.25) is 0 Å². The van der Waals surface area contributed by atoms with E-state index in [1.54, 1.807) is 0 Å². The Morgan fingerprint density at radius 2 is 1.79 bits per heavy atom. The predicted molar refractivity (Wildman–Crippen MR) is 83.8 cm³/mol. The number of unbranched alkanes of at least 4 members (excludes halogenated alkanes) is 1. The minimum Gasteiger partial charge on any atom is -0.354 e. The second kappa shape index (κ2) is 5.08. The molecule has 0 aliphatic rings. The van der Waals surface area contributed by atoms with E-state index in [1.807, 2.05) is 0 Å². The number of rotatable bonds is 4. The molecule has 0 fully saturated rings. The quantitative estimate of drug-likeness (QED) is 0.653. The minimum atomic E-state index is 1.10. The molecule has 0 atom stereocenters. The number of nitrogens with one attached hydrogen (secondary N) is 1. The summed E-state index contributed by atoms with van der Waals surface area (Å²) >= 11 is 0. The van der Waals surface area contributed by atoms with Crippen molar-refractivity contribution < 1.29 is 0 Å². The van der Waals surface area contributed by atoms with Crippen LogP contribution in [0.1, 0.15) is 37.8 Å². The molecule has 0 spiro atoms. The van der Waals surface area contributed by atoms with Gasteiger partial charge in [0, 0.05) is 21.8 Å². The van der Waals surface area contributed by atoms with Gasteiger partial charge in [-0.15, -0.1) is 0 Å². The van der Waals surface area contributed by atoms with Crippen LogP contribution in [0.25, 0.3) is 21.8 Å². The Kier molecular flexibility index (Phi) is 3.29. The fraction of sp³-hybridized carbons (Fsp3) is 0.333. The van der Waals surface area contributed by atoms with Crippen LogP contribution in [0, 0.1) is 0 Å². The predicted octanol–water partition coefficient (Wildman–Crippen LogP) is 5.23. The standard InChI is InChI=1S/C18H21N/c1-3-5-8-13-11-12-16-15-9-6-7-10-17(15)19-18(16)14(13)4-2/h6-7,9-12,19H,3-5,8H2,1-2H3. The lowest BCUT2D eigenvalue weighted by atomic mass is 9.97. The summed E-state index contributed by atoms with van der Waals surface area (Å²) in [6, 6.07) is 13.2. The second-order valence-electron chi connectivity index (χ2n) is 5.25. The number of benzene rings is 2. The third-order valence-electron chi connectivity index (χ3n) is 4.04. The van der Waals surface area contributed by atoms with E-state index in [0.29, 0.717) is 0 Å². The van der Waals surface area contributed by atoms with E-state index in [1.165, 1.54) is 52.2 Å². The van der Waals surface area contributed by atoms with Gasteiger partial charge in [-0.05, 0) is 36.5 Å². The lowest BCUT2D eigenvalue weighted by molar-refractivity contribution is 0.788. The first-order chi connectivity index (χ1) is 9.35. The number of para-hydroxylation sites is 1. The van der Waals surface area contributed by atoms with E-state index in [0.717, 1.165) is 6.42 Å². The molecule has 0 saturated carbocycles. The molecule has 19 heavy (non-hydrogen) atoms. The highest BCUT2D eigenvalue weighted by molar-refractivity contribution is 6.08. The summed E-state index contributed by atoms with van der Waals surface area (Å²) in [6.45, 7) is 4.52. The Hall–Kier alpha value is -1.76. The van der Waals surface area contributed by atoms with E-state index in [-0.39, 0.29) is 0 Å². The Morgan fingerprint density at radius 3 is 2.58 bits per heavy atom. The molecule has 0 radical (unpaired) electrons. The lowest BCUT2D eigenvalue weighted by Crippen LogP contribution is -1.94. The molecule has 1 aromatic heterocycles. The minimum absolute atomic E-state index is 1.10. The lowest BCUT2D eigenvalue weighted by Gasteiger charge is -2.08. The average molecular weight is 251 g/mol. The number of hydrogen-bond donors (Lipinski definition) is 1. The number of fused-ring (bicyclic) bond motifs is 3. The van der Waals surface area contributed by atoms with Crippen LogP contribution in [0.15, 0.2) is 36.4 Å². The molecule has 3 aromatic rings.